The fraction of sp³-hybridized carbons (Fsp3) is 0.333. The Morgan fingerprint density at radius 2 is 2.00 bits per heavy atom. The maximum Gasteiger partial charge on any atom is 0.309 e. The number of carbonyl (C=O) groups excluding carboxylic acids is 2. The molecule has 3 nitrogen and oxygen atoms in total. The Labute approximate surface area is 102 Å². The maximum absolute atomic E-state index is 11.7. The summed E-state index contributed by atoms with van der Waals surface area (Å²) in [4.78, 5) is 22.9. The van der Waals surface area contributed by atoms with E-state index in [1.54, 1.807) is 18.2 Å². The summed E-state index contributed by atoms with van der Waals surface area (Å²) in [7, 11) is 0. The van der Waals surface area contributed by atoms with Crippen LogP contribution in [-0.2, 0) is 9.53 Å². The number of rotatable bonds is 4. The molecule has 0 aliphatic heterocycles. The van der Waals surface area contributed by atoms with Crippen LogP contribution in [0.25, 0.3) is 0 Å². The van der Waals surface area contributed by atoms with Crippen LogP contribution in [0.3, 0.4) is 0 Å². The van der Waals surface area contributed by atoms with Crippen LogP contribution in [0.1, 0.15) is 23.2 Å². The molecule has 1 saturated carbocycles. The van der Waals surface area contributed by atoms with Crippen LogP contribution >= 0.6 is 15.9 Å². The summed E-state index contributed by atoms with van der Waals surface area (Å²) < 4.78 is 5.65. The van der Waals surface area contributed by atoms with Crippen LogP contribution in [0.2, 0.25) is 0 Å². The highest BCUT2D eigenvalue weighted by atomic mass is 79.9. The molecule has 1 aromatic rings. The van der Waals surface area contributed by atoms with E-state index in [0.717, 1.165) is 17.3 Å². The molecule has 1 aromatic carbocycles. The molecule has 0 radical (unpaired) electrons. The maximum atomic E-state index is 11.7. The largest absolute Gasteiger partial charge is 0.457 e. The number of hydrogen-bond donors (Lipinski definition) is 0. The molecule has 0 atom stereocenters. The molecule has 1 aliphatic rings. The van der Waals surface area contributed by atoms with Gasteiger partial charge in [-0.25, -0.2) is 0 Å². The minimum atomic E-state index is -0.250. The van der Waals surface area contributed by atoms with Crippen molar-refractivity contribution in [2.75, 3.05) is 6.61 Å². The predicted molar refractivity (Wildman–Crippen MR) is 62.2 cm³/mol. The average Bonchev–Trinajstić information content (AvgIpc) is 3.10. The first kappa shape index (κ1) is 11.3. The third-order valence-corrected chi connectivity index (χ3v) is 3.12. The Hall–Kier alpha value is -1.16. The minimum absolute atomic E-state index is 0.0343. The van der Waals surface area contributed by atoms with Gasteiger partial charge in [-0.2, -0.15) is 0 Å². The van der Waals surface area contributed by atoms with Gasteiger partial charge in [0.25, 0.3) is 0 Å². The summed E-state index contributed by atoms with van der Waals surface area (Å²) in [5.74, 6) is -0.395. The fourth-order valence-electron chi connectivity index (χ4n) is 1.34. The predicted octanol–water partition coefficient (Wildman–Crippen LogP) is 2.59. The number of halogens is 1. The van der Waals surface area contributed by atoms with Crippen LogP contribution in [0.4, 0.5) is 0 Å². The molecule has 0 heterocycles. The lowest BCUT2D eigenvalue weighted by atomic mass is 10.1. The first-order chi connectivity index (χ1) is 7.68. The van der Waals surface area contributed by atoms with Crippen molar-refractivity contribution in [3.63, 3.8) is 0 Å². The second kappa shape index (κ2) is 4.78. The normalized spacial score (nSPS) is 14.6. The number of benzene rings is 1. The molecule has 0 bridgehead atoms. The Balaban J connectivity index is 1.92. The van der Waals surface area contributed by atoms with Crippen molar-refractivity contribution in [2.24, 2.45) is 5.92 Å². The van der Waals surface area contributed by atoms with E-state index in [4.69, 9.17) is 4.74 Å². The van der Waals surface area contributed by atoms with Gasteiger partial charge in [-0.05, 0) is 18.9 Å². The number of Topliss-reactive ketones (excluding diaryl/α,β-unsaturated/α-hetero) is 1. The van der Waals surface area contributed by atoms with Crippen molar-refractivity contribution in [1.82, 2.24) is 0 Å². The van der Waals surface area contributed by atoms with E-state index >= 15 is 0 Å². The first-order valence-electron chi connectivity index (χ1n) is 5.13. The Morgan fingerprint density at radius 3 is 2.62 bits per heavy atom. The van der Waals surface area contributed by atoms with Crippen molar-refractivity contribution < 1.29 is 14.3 Å². The SMILES string of the molecule is O=C(COC(=O)C1CC1)c1ccccc1Br. The van der Waals surface area contributed by atoms with Gasteiger partial charge in [0, 0.05) is 10.0 Å². The zero-order chi connectivity index (χ0) is 11.5. The van der Waals surface area contributed by atoms with Gasteiger partial charge in [0.2, 0.25) is 5.78 Å². The molecule has 0 unspecified atom stereocenters. The Morgan fingerprint density at radius 1 is 1.31 bits per heavy atom. The summed E-state index contributed by atoms with van der Waals surface area (Å²) in [6.45, 7) is -0.169. The topological polar surface area (TPSA) is 43.4 Å². The summed E-state index contributed by atoms with van der Waals surface area (Å²) in [6.07, 6.45) is 1.78. The van der Waals surface area contributed by atoms with Gasteiger partial charge in [0.1, 0.15) is 0 Å². The summed E-state index contributed by atoms with van der Waals surface area (Å²) in [5.41, 5.74) is 0.547. The van der Waals surface area contributed by atoms with Crippen LogP contribution in [0, 0.1) is 5.92 Å². The molecule has 0 spiro atoms. The number of ether oxygens (including phenoxy) is 1. The lowest BCUT2D eigenvalue weighted by molar-refractivity contribution is -0.144. The third-order valence-electron chi connectivity index (χ3n) is 2.43. The molecule has 0 saturated heterocycles. The van der Waals surface area contributed by atoms with E-state index in [-0.39, 0.29) is 24.3 Å². The second-order valence-corrected chi connectivity index (χ2v) is 4.64. The van der Waals surface area contributed by atoms with Crippen molar-refractivity contribution in [3.8, 4) is 0 Å². The average molecular weight is 283 g/mol. The van der Waals surface area contributed by atoms with Crippen LogP contribution in [-0.4, -0.2) is 18.4 Å². The van der Waals surface area contributed by atoms with E-state index in [1.807, 2.05) is 6.07 Å². The Kier molecular flexibility index (Phi) is 3.39. The molecule has 0 N–H and O–H groups in total. The van der Waals surface area contributed by atoms with Crippen molar-refractivity contribution in [3.05, 3.63) is 34.3 Å². The molecule has 0 aromatic heterocycles. The van der Waals surface area contributed by atoms with Gasteiger partial charge in [-0.15, -0.1) is 0 Å². The summed E-state index contributed by atoms with van der Waals surface area (Å²) in [5, 5.41) is 0. The van der Waals surface area contributed by atoms with Gasteiger partial charge in [0.15, 0.2) is 6.61 Å². The molecule has 1 fully saturated rings. The highest BCUT2D eigenvalue weighted by Crippen LogP contribution is 2.30. The molecule has 4 heteroatoms. The van der Waals surface area contributed by atoms with Gasteiger partial charge >= 0.3 is 5.97 Å². The highest BCUT2D eigenvalue weighted by molar-refractivity contribution is 9.10. The zero-order valence-electron chi connectivity index (χ0n) is 8.61. The lowest BCUT2D eigenvalue weighted by Crippen LogP contribution is -2.15. The standard InChI is InChI=1S/C12H11BrO3/c13-10-4-2-1-3-9(10)11(14)7-16-12(15)8-5-6-8/h1-4,8H,5-7H2. The molecule has 2 rings (SSSR count). The summed E-state index contributed by atoms with van der Waals surface area (Å²) >= 11 is 3.28. The van der Waals surface area contributed by atoms with Gasteiger partial charge < -0.3 is 4.74 Å². The van der Waals surface area contributed by atoms with Gasteiger partial charge in [-0.3, -0.25) is 9.59 Å². The third kappa shape index (κ3) is 2.70. The highest BCUT2D eigenvalue weighted by Gasteiger charge is 2.31. The number of ketones is 1. The fourth-order valence-corrected chi connectivity index (χ4v) is 1.84. The lowest BCUT2D eigenvalue weighted by Gasteiger charge is -2.04. The number of carbonyl (C=O) groups is 2. The van der Waals surface area contributed by atoms with Crippen LogP contribution in [0.5, 0.6) is 0 Å². The quantitative estimate of drug-likeness (QED) is 0.630. The molecular formula is C12H11BrO3. The molecule has 84 valence electrons. The first-order valence-corrected chi connectivity index (χ1v) is 5.92. The smallest absolute Gasteiger partial charge is 0.309 e. The minimum Gasteiger partial charge on any atom is -0.457 e. The zero-order valence-corrected chi connectivity index (χ0v) is 10.2. The van der Waals surface area contributed by atoms with E-state index in [0.29, 0.717) is 5.56 Å². The van der Waals surface area contributed by atoms with Crippen LogP contribution in [0.15, 0.2) is 28.7 Å². The summed E-state index contributed by atoms with van der Waals surface area (Å²) in [6, 6.07) is 7.10. The second-order valence-electron chi connectivity index (χ2n) is 3.79. The van der Waals surface area contributed by atoms with Crippen molar-refractivity contribution >= 4 is 27.7 Å². The molecule has 0 amide bonds. The van der Waals surface area contributed by atoms with Gasteiger partial charge in [-0.1, -0.05) is 34.1 Å². The van der Waals surface area contributed by atoms with E-state index in [1.165, 1.54) is 0 Å². The molecule has 16 heavy (non-hydrogen) atoms. The van der Waals surface area contributed by atoms with E-state index < -0.39 is 0 Å². The Bertz CT molecular complexity index is 424. The number of esters is 1. The van der Waals surface area contributed by atoms with E-state index in [9.17, 15) is 9.59 Å². The van der Waals surface area contributed by atoms with Crippen LogP contribution < -0.4 is 0 Å². The van der Waals surface area contributed by atoms with Crippen molar-refractivity contribution in [1.29, 1.82) is 0 Å². The van der Waals surface area contributed by atoms with E-state index in [2.05, 4.69) is 15.9 Å². The molecule has 1 aliphatic carbocycles. The number of hydrogen-bond acceptors (Lipinski definition) is 3. The molecular weight excluding hydrogens is 272 g/mol. The van der Waals surface area contributed by atoms with Gasteiger partial charge in [0.05, 0.1) is 5.92 Å². The van der Waals surface area contributed by atoms with Crippen molar-refractivity contribution in [2.45, 2.75) is 12.8 Å². The monoisotopic (exact) mass is 282 g/mol.